The third-order valence-corrected chi connectivity index (χ3v) is 3.69. The van der Waals surface area contributed by atoms with Gasteiger partial charge in [-0.3, -0.25) is 4.79 Å². The lowest BCUT2D eigenvalue weighted by Crippen LogP contribution is -2.51. The lowest BCUT2D eigenvalue weighted by Gasteiger charge is -2.38. The molecule has 1 aliphatic rings. The van der Waals surface area contributed by atoms with Gasteiger partial charge in [0.1, 0.15) is 0 Å². The first-order valence-electron chi connectivity index (χ1n) is 5.53. The summed E-state index contributed by atoms with van der Waals surface area (Å²) in [6.45, 7) is 6.94. The summed E-state index contributed by atoms with van der Waals surface area (Å²) in [6.07, 6.45) is 1.65. The Hall–Kier alpha value is -0.220. The molecule has 0 radical (unpaired) electrons. The van der Waals surface area contributed by atoms with Crippen molar-refractivity contribution >= 4 is 18.5 Å². The predicted molar refractivity (Wildman–Crippen MR) is 64.0 cm³/mol. The van der Waals surface area contributed by atoms with Crippen molar-refractivity contribution in [2.75, 3.05) is 13.1 Å². The molecule has 3 nitrogen and oxygen atoms in total. The summed E-state index contributed by atoms with van der Waals surface area (Å²) < 4.78 is 0. The Morgan fingerprint density at radius 1 is 1.53 bits per heavy atom. The number of rotatable bonds is 2. The van der Waals surface area contributed by atoms with Crippen molar-refractivity contribution in [1.29, 1.82) is 0 Å². The summed E-state index contributed by atoms with van der Waals surface area (Å²) in [6, 6.07) is 0. The van der Waals surface area contributed by atoms with Crippen LogP contribution in [0.5, 0.6) is 0 Å². The maximum Gasteiger partial charge on any atom is 0.235 e. The zero-order chi connectivity index (χ0) is 11.6. The van der Waals surface area contributed by atoms with Crippen LogP contribution in [0.15, 0.2) is 0 Å². The highest BCUT2D eigenvalue weighted by Gasteiger charge is 2.33. The standard InChI is InChI=1S/C11H21NO2S/c1-8(2)9(15)10(13)12-6-4-5-11(3,14)7-12/h8-9,14-15H,4-7H2,1-3H3. The first kappa shape index (κ1) is 12.8. The largest absolute Gasteiger partial charge is 0.388 e. The van der Waals surface area contributed by atoms with Crippen molar-refractivity contribution in [2.45, 2.75) is 44.5 Å². The molecule has 1 heterocycles. The van der Waals surface area contributed by atoms with Gasteiger partial charge in [-0.2, -0.15) is 12.6 Å². The van der Waals surface area contributed by atoms with Gasteiger partial charge in [0, 0.05) is 13.1 Å². The van der Waals surface area contributed by atoms with Gasteiger partial charge in [0.05, 0.1) is 10.9 Å². The van der Waals surface area contributed by atoms with Gasteiger partial charge in [0.15, 0.2) is 0 Å². The van der Waals surface area contributed by atoms with Crippen LogP contribution in [0.3, 0.4) is 0 Å². The first-order valence-corrected chi connectivity index (χ1v) is 6.04. The van der Waals surface area contributed by atoms with E-state index >= 15 is 0 Å². The van der Waals surface area contributed by atoms with Crippen LogP contribution in [0.25, 0.3) is 0 Å². The number of β-amino-alcohol motifs (C(OH)–C–C–N with tert-alkyl or cyclic N) is 1. The number of hydrogen-bond acceptors (Lipinski definition) is 3. The van der Waals surface area contributed by atoms with Crippen molar-refractivity contribution in [1.82, 2.24) is 4.90 Å². The Balaban J connectivity index is 2.60. The molecule has 0 spiro atoms. The molecule has 0 aromatic carbocycles. The molecule has 1 fully saturated rings. The van der Waals surface area contributed by atoms with Gasteiger partial charge in [-0.05, 0) is 25.7 Å². The Morgan fingerprint density at radius 3 is 2.60 bits per heavy atom. The molecule has 0 aromatic heterocycles. The summed E-state index contributed by atoms with van der Waals surface area (Å²) in [4.78, 5) is 13.7. The SMILES string of the molecule is CC(C)C(S)C(=O)N1CCCC(C)(O)C1. The van der Waals surface area contributed by atoms with E-state index in [9.17, 15) is 9.90 Å². The van der Waals surface area contributed by atoms with E-state index in [1.165, 1.54) is 0 Å². The topological polar surface area (TPSA) is 40.5 Å². The molecule has 1 N–H and O–H groups in total. The number of aliphatic hydroxyl groups is 1. The van der Waals surface area contributed by atoms with E-state index in [2.05, 4.69) is 12.6 Å². The lowest BCUT2D eigenvalue weighted by molar-refractivity contribution is -0.137. The number of hydrogen-bond donors (Lipinski definition) is 2. The van der Waals surface area contributed by atoms with E-state index in [-0.39, 0.29) is 17.1 Å². The van der Waals surface area contributed by atoms with E-state index in [0.29, 0.717) is 6.54 Å². The summed E-state index contributed by atoms with van der Waals surface area (Å²) in [7, 11) is 0. The molecule has 1 rings (SSSR count). The maximum atomic E-state index is 12.0. The molecule has 88 valence electrons. The van der Waals surface area contributed by atoms with E-state index < -0.39 is 5.60 Å². The first-order chi connectivity index (χ1) is 6.83. The Bertz CT molecular complexity index is 241. The van der Waals surface area contributed by atoms with Crippen molar-refractivity contribution in [3.8, 4) is 0 Å². The van der Waals surface area contributed by atoms with Crippen LogP contribution in [0.4, 0.5) is 0 Å². The van der Waals surface area contributed by atoms with Crippen LogP contribution in [0, 0.1) is 5.92 Å². The van der Waals surface area contributed by atoms with Crippen LogP contribution in [0.2, 0.25) is 0 Å². The lowest BCUT2D eigenvalue weighted by atomic mass is 9.94. The van der Waals surface area contributed by atoms with E-state index in [1.54, 1.807) is 11.8 Å². The summed E-state index contributed by atoms with van der Waals surface area (Å²) in [5.74, 6) is 0.279. The molecule has 1 saturated heterocycles. The van der Waals surface area contributed by atoms with E-state index in [1.807, 2.05) is 13.8 Å². The summed E-state index contributed by atoms with van der Waals surface area (Å²) in [5, 5.41) is 9.64. The maximum absolute atomic E-state index is 12.0. The second-order valence-electron chi connectivity index (χ2n) is 5.05. The zero-order valence-electron chi connectivity index (χ0n) is 9.73. The van der Waals surface area contributed by atoms with Gasteiger partial charge in [-0.15, -0.1) is 0 Å². The fourth-order valence-corrected chi connectivity index (χ4v) is 2.04. The molecule has 2 atom stereocenters. The molecule has 2 unspecified atom stereocenters. The highest BCUT2D eigenvalue weighted by atomic mass is 32.1. The van der Waals surface area contributed by atoms with Crippen LogP contribution in [0.1, 0.15) is 33.6 Å². The number of carbonyl (C=O) groups is 1. The number of piperidine rings is 1. The minimum atomic E-state index is -0.724. The summed E-state index contributed by atoms with van der Waals surface area (Å²) in [5.41, 5.74) is -0.724. The van der Waals surface area contributed by atoms with E-state index in [0.717, 1.165) is 19.4 Å². The van der Waals surface area contributed by atoms with Crippen LogP contribution >= 0.6 is 12.6 Å². The monoisotopic (exact) mass is 231 g/mol. The minimum Gasteiger partial charge on any atom is -0.388 e. The molecule has 0 aliphatic carbocycles. The zero-order valence-corrected chi connectivity index (χ0v) is 10.6. The van der Waals surface area contributed by atoms with Crippen molar-refractivity contribution < 1.29 is 9.90 Å². The van der Waals surface area contributed by atoms with Gasteiger partial charge in [0.2, 0.25) is 5.91 Å². The van der Waals surface area contributed by atoms with E-state index in [4.69, 9.17) is 0 Å². The number of carbonyl (C=O) groups excluding carboxylic acids is 1. The van der Waals surface area contributed by atoms with Gasteiger partial charge < -0.3 is 10.0 Å². The van der Waals surface area contributed by atoms with Gasteiger partial charge in [0.25, 0.3) is 0 Å². The highest BCUT2D eigenvalue weighted by molar-refractivity contribution is 7.81. The van der Waals surface area contributed by atoms with Crippen molar-refractivity contribution in [3.63, 3.8) is 0 Å². The molecular weight excluding hydrogens is 210 g/mol. The number of amides is 1. The average Bonchev–Trinajstić information content (AvgIpc) is 2.13. The minimum absolute atomic E-state index is 0.0494. The third kappa shape index (κ3) is 3.38. The summed E-state index contributed by atoms with van der Waals surface area (Å²) >= 11 is 4.31. The van der Waals surface area contributed by atoms with Gasteiger partial charge in [-0.1, -0.05) is 13.8 Å². The quantitative estimate of drug-likeness (QED) is 0.704. The fourth-order valence-electron chi connectivity index (χ4n) is 1.88. The molecule has 0 saturated carbocycles. The third-order valence-electron chi connectivity index (χ3n) is 2.87. The van der Waals surface area contributed by atoms with Crippen molar-refractivity contribution in [2.24, 2.45) is 5.92 Å². The fraction of sp³-hybridized carbons (Fsp3) is 0.909. The molecule has 1 amide bonds. The molecule has 1 aliphatic heterocycles. The number of likely N-dealkylation sites (tertiary alicyclic amines) is 1. The predicted octanol–water partition coefficient (Wildman–Crippen LogP) is 1.31. The molecule has 15 heavy (non-hydrogen) atoms. The van der Waals surface area contributed by atoms with Crippen molar-refractivity contribution in [3.05, 3.63) is 0 Å². The Kier molecular flexibility index (Phi) is 4.06. The second-order valence-corrected chi connectivity index (χ2v) is 5.61. The number of nitrogens with zero attached hydrogens (tertiary/aromatic N) is 1. The highest BCUT2D eigenvalue weighted by Crippen LogP contribution is 2.22. The molecule has 0 aromatic rings. The van der Waals surface area contributed by atoms with Gasteiger partial charge >= 0.3 is 0 Å². The Morgan fingerprint density at radius 2 is 2.13 bits per heavy atom. The Labute approximate surface area is 97.3 Å². The molecule has 0 bridgehead atoms. The smallest absolute Gasteiger partial charge is 0.235 e. The average molecular weight is 231 g/mol. The van der Waals surface area contributed by atoms with Crippen LogP contribution in [-0.4, -0.2) is 39.9 Å². The van der Waals surface area contributed by atoms with Crippen LogP contribution in [-0.2, 0) is 4.79 Å². The number of thiol groups is 1. The molecule has 4 heteroatoms. The molecular formula is C11H21NO2S. The second kappa shape index (κ2) is 4.74. The van der Waals surface area contributed by atoms with Gasteiger partial charge in [-0.25, -0.2) is 0 Å². The van der Waals surface area contributed by atoms with Crippen LogP contribution < -0.4 is 0 Å². The normalized spacial score (nSPS) is 29.3.